The van der Waals surface area contributed by atoms with Crippen LogP contribution >= 0.6 is 0 Å². The molecule has 1 rings (SSSR count). The summed E-state index contributed by atoms with van der Waals surface area (Å²) in [7, 11) is 0. The third kappa shape index (κ3) is 9.08. The number of carbonyl (C=O) groups excluding carboxylic acids is 1. The Kier molecular flexibility index (Phi) is 6.24. The summed E-state index contributed by atoms with van der Waals surface area (Å²) >= 11 is 0. The van der Waals surface area contributed by atoms with Gasteiger partial charge in [-0.1, -0.05) is 32.9 Å². The van der Waals surface area contributed by atoms with Gasteiger partial charge in [-0.25, -0.2) is 0 Å². The summed E-state index contributed by atoms with van der Waals surface area (Å²) in [5.41, 5.74) is 4.96. The highest BCUT2D eigenvalue weighted by Gasteiger charge is 2.07. The molecule has 2 N–H and O–H groups in total. The van der Waals surface area contributed by atoms with Crippen molar-refractivity contribution in [2.45, 2.75) is 20.8 Å². The molecule has 0 unspecified atom stereocenters. The van der Waals surface area contributed by atoms with Gasteiger partial charge in [0, 0.05) is 13.1 Å². The Balaban J connectivity index is 0.000000310. The fourth-order valence-corrected chi connectivity index (χ4v) is 0.871. The van der Waals surface area contributed by atoms with Crippen LogP contribution in [0.25, 0.3) is 0 Å². The molecule has 0 bridgehead atoms. The summed E-state index contributed by atoms with van der Waals surface area (Å²) in [6.07, 6.45) is 4.06. The lowest BCUT2D eigenvalue weighted by molar-refractivity contribution is -0.118. The highest BCUT2D eigenvalue weighted by molar-refractivity contribution is 5.76. The minimum absolute atomic E-state index is 0.251. The molecule has 0 saturated heterocycles. The summed E-state index contributed by atoms with van der Waals surface area (Å²) in [6.45, 7) is 8.61. The monoisotopic (exact) mass is 184 g/mol. The predicted molar refractivity (Wildman–Crippen MR) is 55.3 cm³/mol. The third-order valence-corrected chi connectivity index (χ3v) is 1.27. The van der Waals surface area contributed by atoms with Crippen LogP contribution < -0.4 is 5.73 Å². The Hall–Kier alpha value is -0.830. The summed E-state index contributed by atoms with van der Waals surface area (Å²) in [4.78, 5) is 12.3. The molecule has 3 heteroatoms. The molecule has 0 spiro atoms. The van der Waals surface area contributed by atoms with E-state index in [2.05, 4.69) is 20.8 Å². The zero-order chi connectivity index (χ0) is 10.3. The molecular formula is C10H20N2O. The van der Waals surface area contributed by atoms with E-state index in [-0.39, 0.29) is 5.91 Å². The number of hydrogen-bond acceptors (Lipinski definition) is 2. The molecular weight excluding hydrogens is 164 g/mol. The van der Waals surface area contributed by atoms with Crippen molar-refractivity contribution in [2.24, 2.45) is 11.7 Å². The van der Waals surface area contributed by atoms with E-state index in [1.54, 1.807) is 0 Å². The van der Waals surface area contributed by atoms with Gasteiger partial charge < -0.3 is 5.73 Å². The molecule has 0 aromatic heterocycles. The number of amides is 1. The quantitative estimate of drug-likeness (QED) is 0.651. The molecule has 0 atom stereocenters. The molecule has 1 aliphatic rings. The van der Waals surface area contributed by atoms with Gasteiger partial charge in [-0.3, -0.25) is 9.69 Å². The zero-order valence-electron chi connectivity index (χ0n) is 8.79. The van der Waals surface area contributed by atoms with Crippen molar-refractivity contribution in [3.05, 3.63) is 12.2 Å². The first-order chi connectivity index (χ1) is 6.02. The highest BCUT2D eigenvalue weighted by Crippen LogP contribution is 1.95. The van der Waals surface area contributed by atoms with E-state index >= 15 is 0 Å². The first-order valence-corrected chi connectivity index (χ1v) is 4.68. The van der Waals surface area contributed by atoms with Crippen molar-refractivity contribution >= 4 is 5.91 Å². The highest BCUT2D eigenvalue weighted by atomic mass is 16.1. The van der Waals surface area contributed by atoms with Crippen LogP contribution in [0.2, 0.25) is 0 Å². The van der Waals surface area contributed by atoms with Crippen molar-refractivity contribution < 1.29 is 4.79 Å². The lowest BCUT2D eigenvalue weighted by Crippen LogP contribution is -2.31. The molecule has 3 nitrogen and oxygen atoms in total. The van der Waals surface area contributed by atoms with Crippen molar-refractivity contribution in [3.63, 3.8) is 0 Å². The second-order valence-electron chi connectivity index (χ2n) is 3.86. The Morgan fingerprint density at radius 3 is 2.08 bits per heavy atom. The van der Waals surface area contributed by atoms with E-state index < -0.39 is 0 Å². The van der Waals surface area contributed by atoms with Crippen LogP contribution in [0.4, 0.5) is 0 Å². The molecule has 0 fully saturated rings. The molecule has 0 radical (unpaired) electrons. The Morgan fingerprint density at radius 2 is 1.77 bits per heavy atom. The van der Waals surface area contributed by atoms with Gasteiger partial charge in [-0.2, -0.15) is 0 Å². The van der Waals surface area contributed by atoms with Crippen LogP contribution in [0.3, 0.4) is 0 Å². The Labute approximate surface area is 80.6 Å². The first kappa shape index (κ1) is 12.2. The minimum atomic E-state index is -0.251. The molecule has 0 aromatic carbocycles. The summed E-state index contributed by atoms with van der Waals surface area (Å²) in [5.74, 6) is 0.582. The molecule has 1 aliphatic heterocycles. The number of rotatable bonds is 2. The summed E-state index contributed by atoms with van der Waals surface area (Å²) in [6, 6.07) is 0. The van der Waals surface area contributed by atoms with Crippen LogP contribution in [0.15, 0.2) is 12.2 Å². The van der Waals surface area contributed by atoms with Gasteiger partial charge in [0.1, 0.15) is 0 Å². The average molecular weight is 184 g/mol. The van der Waals surface area contributed by atoms with E-state index in [1.165, 1.54) is 0 Å². The number of nitrogens with zero attached hydrogens (tertiary/aromatic N) is 1. The van der Waals surface area contributed by atoms with Gasteiger partial charge in [0.15, 0.2) is 0 Å². The topological polar surface area (TPSA) is 46.3 Å². The number of carbonyl (C=O) groups is 1. The van der Waals surface area contributed by atoms with E-state index in [4.69, 9.17) is 5.73 Å². The van der Waals surface area contributed by atoms with Crippen LogP contribution in [0.5, 0.6) is 0 Å². The van der Waals surface area contributed by atoms with Crippen LogP contribution in [-0.4, -0.2) is 30.4 Å². The first-order valence-electron chi connectivity index (χ1n) is 4.68. The molecule has 1 amide bonds. The molecule has 0 saturated carbocycles. The molecule has 13 heavy (non-hydrogen) atoms. The second-order valence-corrected chi connectivity index (χ2v) is 3.86. The van der Waals surface area contributed by atoms with E-state index in [0.29, 0.717) is 6.54 Å². The number of primary amides is 1. The standard InChI is InChI=1S/C6H10N2O.C4H10/c7-6(9)5-8-3-1-2-4-8;1-4(2)3/h1-2H,3-5H2,(H2,7,9);4H,1-3H3. The maximum absolute atomic E-state index is 10.3. The van der Waals surface area contributed by atoms with Crippen LogP contribution in [-0.2, 0) is 4.79 Å². The lowest BCUT2D eigenvalue weighted by Gasteiger charge is -2.10. The van der Waals surface area contributed by atoms with E-state index in [9.17, 15) is 4.79 Å². The maximum Gasteiger partial charge on any atom is 0.231 e. The third-order valence-electron chi connectivity index (χ3n) is 1.27. The van der Waals surface area contributed by atoms with Crippen molar-refractivity contribution in [1.29, 1.82) is 0 Å². The average Bonchev–Trinajstić information content (AvgIpc) is 2.36. The van der Waals surface area contributed by atoms with Gasteiger partial charge in [0.25, 0.3) is 0 Å². The van der Waals surface area contributed by atoms with Gasteiger partial charge in [-0.15, -0.1) is 0 Å². The van der Waals surface area contributed by atoms with Gasteiger partial charge in [-0.05, 0) is 5.92 Å². The van der Waals surface area contributed by atoms with E-state index in [1.807, 2.05) is 17.1 Å². The molecule has 0 aliphatic carbocycles. The summed E-state index contributed by atoms with van der Waals surface area (Å²) < 4.78 is 0. The summed E-state index contributed by atoms with van der Waals surface area (Å²) in [5, 5.41) is 0. The van der Waals surface area contributed by atoms with Gasteiger partial charge >= 0.3 is 0 Å². The fourth-order valence-electron chi connectivity index (χ4n) is 0.871. The molecule has 0 aromatic rings. The van der Waals surface area contributed by atoms with Crippen LogP contribution in [0.1, 0.15) is 20.8 Å². The van der Waals surface area contributed by atoms with Gasteiger partial charge in [0.05, 0.1) is 6.54 Å². The maximum atomic E-state index is 10.3. The second kappa shape index (κ2) is 6.66. The predicted octanol–water partition coefficient (Wildman–Crippen LogP) is 1.01. The Morgan fingerprint density at radius 1 is 1.38 bits per heavy atom. The fraction of sp³-hybridized carbons (Fsp3) is 0.700. The van der Waals surface area contributed by atoms with Crippen molar-refractivity contribution in [1.82, 2.24) is 4.90 Å². The van der Waals surface area contributed by atoms with E-state index in [0.717, 1.165) is 19.0 Å². The van der Waals surface area contributed by atoms with Gasteiger partial charge in [0.2, 0.25) is 5.91 Å². The molecule has 76 valence electrons. The lowest BCUT2D eigenvalue weighted by atomic mass is 10.3. The number of nitrogens with two attached hydrogens (primary N) is 1. The Bertz CT molecular complexity index is 165. The minimum Gasteiger partial charge on any atom is -0.369 e. The largest absolute Gasteiger partial charge is 0.369 e. The van der Waals surface area contributed by atoms with Crippen molar-refractivity contribution in [2.75, 3.05) is 19.6 Å². The zero-order valence-corrected chi connectivity index (χ0v) is 8.79. The normalized spacial score (nSPS) is 15.7. The smallest absolute Gasteiger partial charge is 0.231 e. The molecule has 1 heterocycles. The van der Waals surface area contributed by atoms with Crippen molar-refractivity contribution in [3.8, 4) is 0 Å². The number of hydrogen-bond donors (Lipinski definition) is 1. The van der Waals surface area contributed by atoms with Crippen LogP contribution in [0, 0.1) is 5.92 Å². The SMILES string of the molecule is CC(C)C.NC(=O)CN1CC=CC1.